The molecule has 4 rings (SSSR count). The topological polar surface area (TPSA) is 96.5 Å². The number of carbonyl (C=O) groups excluding carboxylic acids is 2. The number of hydrogen-bond acceptors (Lipinski definition) is 6. The van der Waals surface area contributed by atoms with E-state index in [0.29, 0.717) is 40.3 Å². The lowest BCUT2D eigenvalue weighted by molar-refractivity contribution is 0.102. The normalized spacial score (nSPS) is 13.5. The zero-order valence-corrected chi connectivity index (χ0v) is 18.4. The van der Waals surface area contributed by atoms with E-state index in [-0.39, 0.29) is 5.56 Å². The highest BCUT2D eigenvalue weighted by Crippen LogP contribution is 2.23. The number of aromatic nitrogens is 2. The van der Waals surface area contributed by atoms with Gasteiger partial charge in [0.25, 0.3) is 11.8 Å². The van der Waals surface area contributed by atoms with Crippen molar-refractivity contribution >= 4 is 52.3 Å². The summed E-state index contributed by atoms with van der Waals surface area (Å²) >= 11 is 11.9. The number of carbonyl (C=O) groups is 2. The van der Waals surface area contributed by atoms with Gasteiger partial charge in [-0.2, -0.15) is 0 Å². The van der Waals surface area contributed by atoms with Crippen molar-refractivity contribution in [2.24, 2.45) is 0 Å². The van der Waals surface area contributed by atoms with Crippen molar-refractivity contribution in [3.8, 4) is 0 Å². The van der Waals surface area contributed by atoms with Gasteiger partial charge >= 0.3 is 0 Å². The van der Waals surface area contributed by atoms with Crippen LogP contribution in [0, 0.1) is 0 Å². The van der Waals surface area contributed by atoms with Gasteiger partial charge in [0.15, 0.2) is 0 Å². The summed E-state index contributed by atoms with van der Waals surface area (Å²) in [5.74, 6) is 0.233. The number of anilines is 3. The summed E-state index contributed by atoms with van der Waals surface area (Å²) in [7, 11) is 0. The molecule has 0 spiro atoms. The van der Waals surface area contributed by atoms with E-state index >= 15 is 0 Å². The summed E-state index contributed by atoms with van der Waals surface area (Å²) in [5.41, 5.74) is 0.867. The molecule has 3 heterocycles. The predicted octanol–water partition coefficient (Wildman–Crippen LogP) is 4.12. The summed E-state index contributed by atoms with van der Waals surface area (Å²) < 4.78 is 5.35. The van der Waals surface area contributed by atoms with Crippen molar-refractivity contribution in [2.75, 3.05) is 41.8 Å². The highest BCUT2D eigenvalue weighted by atomic mass is 35.5. The number of hydrogen-bond donors (Lipinski definition) is 2. The van der Waals surface area contributed by atoms with Gasteiger partial charge in [0, 0.05) is 30.5 Å². The third-order valence-electron chi connectivity index (χ3n) is 4.79. The number of halogens is 2. The smallest absolute Gasteiger partial charge is 0.258 e. The van der Waals surface area contributed by atoms with Crippen molar-refractivity contribution < 1.29 is 14.3 Å². The lowest BCUT2D eigenvalue weighted by atomic mass is 10.1. The first-order valence-corrected chi connectivity index (χ1v) is 10.6. The predicted molar refractivity (Wildman–Crippen MR) is 124 cm³/mol. The van der Waals surface area contributed by atoms with Crippen LogP contribution >= 0.6 is 23.2 Å². The molecule has 32 heavy (non-hydrogen) atoms. The molecule has 1 aromatic carbocycles. The Hall–Kier alpha value is -3.20. The summed E-state index contributed by atoms with van der Waals surface area (Å²) in [4.78, 5) is 36.1. The molecule has 1 aliphatic rings. The Morgan fingerprint density at radius 2 is 1.66 bits per heavy atom. The maximum absolute atomic E-state index is 12.8. The largest absolute Gasteiger partial charge is 0.378 e. The van der Waals surface area contributed by atoms with Crippen molar-refractivity contribution in [2.45, 2.75) is 0 Å². The first-order valence-electron chi connectivity index (χ1n) is 9.82. The third kappa shape index (κ3) is 5.34. The number of amides is 2. The lowest BCUT2D eigenvalue weighted by Gasteiger charge is -2.27. The number of morpholine rings is 1. The van der Waals surface area contributed by atoms with Gasteiger partial charge in [-0.25, -0.2) is 9.97 Å². The molecule has 0 radical (unpaired) electrons. The number of nitrogens with zero attached hydrogens (tertiary/aromatic N) is 3. The van der Waals surface area contributed by atoms with Gasteiger partial charge in [-0.15, -0.1) is 0 Å². The quantitative estimate of drug-likeness (QED) is 0.580. The number of ether oxygens (including phenoxy) is 1. The third-order valence-corrected chi connectivity index (χ3v) is 5.25. The van der Waals surface area contributed by atoms with Gasteiger partial charge in [0.05, 0.1) is 35.1 Å². The summed E-state index contributed by atoms with van der Waals surface area (Å²) in [6.45, 7) is 2.81. The van der Waals surface area contributed by atoms with E-state index in [9.17, 15) is 9.59 Å². The molecule has 0 aliphatic carbocycles. The molecule has 1 fully saturated rings. The van der Waals surface area contributed by atoms with Gasteiger partial charge in [0.2, 0.25) is 0 Å². The minimum absolute atomic E-state index is 0.195. The fourth-order valence-corrected chi connectivity index (χ4v) is 3.43. The zero-order chi connectivity index (χ0) is 22.5. The van der Waals surface area contributed by atoms with Crippen LogP contribution in [-0.4, -0.2) is 48.1 Å². The Morgan fingerprint density at radius 3 is 2.34 bits per heavy atom. The van der Waals surface area contributed by atoms with Crippen LogP contribution in [0.2, 0.25) is 10.0 Å². The molecule has 1 aliphatic heterocycles. The van der Waals surface area contributed by atoms with E-state index in [4.69, 9.17) is 27.9 Å². The van der Waals surface area contributed by atoms with E-state index in [1.165, 1.54) is 18.5 Å². The van der Waals surface area contributed by atoms with E-state index in [0.717, 1.165) is 18.9 Å². The SMILES string of the molecule is O=C(Nc1ccc(Cl)cc1C(=O)Nc1ccc(Cl)cn1)c1ccc(N2CCOCC2)nc1. The molecule has 0 atom stereocenters. The molecular formula is C22H19Cl2N5O3. The Labute approximate surface area is 194 Å². The van der Waals surface area contributed by atoms with Gasteiger partial charge in [-0.05, 0) is 42.5 Å². The van der Waals surface area contributed by atoms with Crippen molar-refractivity contribution in [3.05, 3.63) is 76.0 Å². The summed E-state index contributed by atoms with van der Waals surface area (Å²) in [6, 6.07) is 11.3. The van der Waals surface area contributed by atoms with Crippen LogP contribution in [0.4, 0.5) is 17.3 Å². The van der Waals surface area contributed by atoms with E-state index in [1.54, 1.807) is 36.4 Å². The number of rotatable bonds is 5. The van der Waals surface area contributed by atoms with Crippen LogP contribution in [0.25, 0.3) is 0 Å². The van der Waals surface area contributed by atoms with Crippen molar-refractivity contribution in [3.63, 3.8) is 0 Å². The molecule has 0 bridgehead atoms. The molecule has 3 aromatic rings. The monoisotopic (exact) mass is 471 g/mol. The Balaban J connectivity index is 1.49. The molecule has 164 valence electrons. The average Bonchev–Trinajstić information content (AvgIpc) is 2.82. The summed E-state index contributed by atoms with van der Waals surface area (Å²) in [6.07, 6.45) is 2.93. The first kappa shape index (κ1) is 22.0. The molecular weight excluding hydrogens is 453 g/mol. The molecule has 0 unspecified atom stereocenters. The fraction of sp³-hybridized carbons (Fsp3) is 0.182. The second-order valence-corrected chi connectivity index (χ2v) is 7.84. The van der Waals surface area contributed by atoms with Crippen molar-refractivity contribution in [1.82, 2.24) is 9.97 Å². The Bertz CT molecular complexity index is 1120. The van der Waals surface area contributed by atoms with Gasteiger partial charge in [0.1, 0.15) is 11.6 Å². The fourth-order valence-electron chi connectivity index (χ4n) is 3.14. The zero-order valence-electron chi connectivity index (χ0n) is 16.8. The highest BCUT2D eigenvalue weighted by Gasteiger charge is 2.17. The first-order chi connectivity index (χ1) is 15.5. The number of benzene rings is 1. The molecule has 2 N–H and O–H groups in total. The van der Waals surface area contributed by atoms with Gasteiger partial charge < -0.3 is 20.3 Å². The van der Waals surface area contributed by atoms with Gasteiger partial charge in [-0.1, -0.05) is 23.2 Å². The van der Waals surface area contributed by atoms with Crippen LogP contribution in [0.1, 0.15) is 20.7 Å². The average molecular weight is 472 g/mol. The number of nitrogens with one attached hydrogen (secondary N) is 2. The van der Waals surface area contributed by atoms with Gasteiger partial charge in [-0.3, -0.25) is 9.59 Å². The Kier molecular flexibility index (Phi) is 6.84. The molecule has 8 nitrogen and oxygen atoms in total. The van der Waals surface area contributed by atoms with E-state index < -0.39 is 11.8 Å². The summed E-state index contributed by atoms with van der Waals surface area (Å²) in [5, 5.41) is 6.22. The minimum atomic E-state index is -0.474. The van der Waals surface area contributed by atoms with Crippen LogP contribution < -0.4 is 15.5 Å². The maximum Gasteiger partial charge on any atom is 0.258 e. The van der Waals surface area contributed by atoms with Crippen LogP contribution in [0.5, 0.6) is 0 Å². The Morgan fingerprint density at radius 1 is 0.875 bits per heavy atom. The molecule has 2 aromatic heterocycles. The number of pyridine rings is 2. The van der Waals surface area contributed by atoms with Crippen LogP contribution in [0.15, 0.2) is 54.9 Å². The molecule has 2 amide bonds. The lowest BCUT2D eigenvalue weighted by Crippen LogP contribution is -2.36. The minimum Gasteiger partial charge on any atom is -0.378 e. The van der Waals surface area contributed by atoms with Crippen molar-refractivity contribution in [1.29, 1.82) is 0 Å². The maximum atomic E-state index is 12.8. The second-order valence-electron chi connectivity index (χ2n) is 6.96. The molecule has 0 saturated carbocycles. The second kappa shape index (κ2) is 9.95. The van der Waals surface area contributed by atoms with Crippen LogP contribution in [-0.2, 0) is 4.74 Å². The van der Waals surface area contributed by atoms with E-state index in [1.807, 2.05) is 0 Å². The highest BCUT2D eigenvalue weighted by molar-refractivity contribution is 6.31. The molecule has 10 heteroatoms. The standard InChI is InChI=1S/C22H19Cl2N5O3/c23-15-2-4-18(17(11-15)22(31)28-19-5-3-16(24)13-25-19)27-21(30)14-1-6-20(26-12-14)29-7-9-32-10-8-29/h1-6,11-13H,7-10H2,(H,27,30)(H,25,28,31). The molecule has 1 saturated heterocycles. The van der Waals surface area contributed by atoms with E-state index in [2.05, 4.69) is 25.5 Å². The van der Waals surface area contributed by atoms with Crippen LogP contribution in [0.3, 0.4) is 0 Å².